The van der Waals surface area contributed by atoms with E-state index in [-0.39, 0.29) is 17.6 Å². The maximum Gasteiger partial charge on any atom is 0.242 e. The highest BCUT2D eigenvalue weighted by Crippen LogP contribution is 2.38. The average molecular weight is 606 g/mol. The number of amides is 2. The van der Waals surface area contributed by atoms with Crippen LogP contribution < -0.4 is 20.1 Å². The minimum atomic E-state index is -0.723. The Morgan fingerprint density at radius 3 is 2.50 bits per heavy atom. The molecule has 0 unspecified atom stereocenters. The molecule has 44 heavy (non-hydrogen) atoms. The Morgan fingerprint density at radius 1 is 0.909 bits per heavy atom. The van der Waals surface area contributed by atoms with E-state index in [0.29, 0.717) is 18.8 Å². The Balaban J connectivity index is 1.35. The summed E-state index contributed by atoms with van der Waals surface area (Å²) in [6.45, 7) is 2.40. The molecule has 8 heteroatoms. The lowest BCUT2D eigenvalue weighted by atomic mass is 9.99. The molecule has 0 aliphatic rings. The molecule has 2 amide bonds. The van der Waals surface area contributed by atoms with Crippen molar-refractivity contribution in [3.8, 4) is 22.6 Å². The van der Waals surface area contributed by atoms with E-state index in [1.165, 1.54) is 11.8 Å². The van der Waals surface area contributed by atoms with E-state index < -0.39 is 6.04 Å². The average Bonchev–Trinajstić information content (AvgIpc) is 3.06. The second-order valence-corrected chi connectivity index (χ2v) is 11.4. The highest BCUT2D eigenvalue weighted by Gasteiger charge is 2.21. The number of nitrogens with one attached hydrogen (secondary N) is 2. The molecule has 2 N–H and O–H groups in total. The molecule has 1 atom stereocenters. The van der Waals surface area contributed by atoms with Gasteiger partial charge in [-0.05, 0) is 52.6 Å². The zero-order chi connectivity index (χ0) is 30.9. The van der Waals surface area contributed by atoms with Gasteiger partial charge in [0, 0.05) is 35.7 Å². The number of carbonyl (C=O) groups is 2. The maximum absolute atomic E-state index is 13.2. The molecule has 0 spiro atoms. The second kappa shape index (κ2) is 14.6. The Hall–Kier alpha value is -4.82. The minimum Gasteiger partial charge on any atom is -0.496 e. The predicted molar refractivity (Wildman–Crippen MR) is 176 cm³/mol. The van der Waals surface area contributed by atoms with Gasteiger partial charge in [0.05, 0.1) is 19.1 Å². The number of hydrogen-bond acceptors (Lipinski definition) is 6. The molecule has 7 nitrogen and oxygen atoms in total. The zero-order valence-electron chi connectivity index (χ0n) is 25.0. The van der Waals surface area contributed by atoms with Crippen molar-refractivity contribution in [1.29, 1.82) is 0 Å². The van der Waals surface area contributed by atoms with Crippen LogP contribution in [0.1, 0.15) is 16.7 Å². The van der Waals surface area contributed by atoms with Gasteiger partial charge >= 0.3 is 0 Å². The van der Waals surface area contributed by atoms with Crippen molar-refractivity contribution in [2.75, 3.05) is 19.9 Å². The summed E-state index contributed by atoms with van der Waals surface area (Å²) >= 11 is 1.42. The van der Waals surface area contributed by atoms with Crippen LogP contribution in [0.25, 0.3) is 21.9 Å². The quantitative estimate of drug-likeness (QED) is 0.161. The van der Waals surface area contributed by atoms with E-state index in [9.17, 15) is 9.59 Å². The van der Waals surface area contributed by atoms with Crippen LogP contribution in [-0.4, -0.2) is 42.8 Å². The van der Waals surface area contributed by atoms with Crippen molar-refractivity contribution in [3.63, 3.8) is 0 Å². The first-order valence-electron chi connectivity index (χ1n) is 14.4. The Morgan fingerprint density at radius 2 is 1.70 bits per heavy atom. The lowest BCUT2D eigenvalue weighted by Gasteiger charge is -2.19. The van der Waals surface area contributed by atoms with E-state index >= 15 is 0 Å². The summed E-state index contributed by atoms with van der Waals surface area (Å²) in [6, 6.07) is 29.3. The van der Waals surface area contributed by atoms with Gasteiger partial charge in [-0.2, -0.15) is 0 Å². The van der Waals surface area contributed by atoms with Gasteiger partial charge in [0.25, 0.3) is 0 Å². The van der Waals surface area contributed by atoms with Gasteiger partial charge in [-0.25, -0.2) is 0 Å². The standard InChI is InChI=1S/C36H35N3O4S/c1-24-13-14-26(18-32(24)42-3)17-31(36(41)37-2)39-34(40)23-44-33-16-15-27-11-7-8-12-30(27)35(33)28-19-29(21-38-20-28)43-22-25-9-5-4-6-10-25/h4-16,18-21,31H,17,22-23H2,1-3H3,(H,37,41)(H,39,40)/t31-/m0/s1. The molecule has 4 aromatic carbocycles. The van der Waals surface area contributed by atoms with E-state index in [2.05, 4.69) is 33.8 Å². The lowest BCUT2D eigenvalue weighted by molar-refractivity contribution is -0.127. The summed E-state index contributed by atoms with van der Waals surface area (Å²) < 4.78 is 11.5. The first-order valence-corrected chi connectivity index (χ1v) is 15.3. The number of pyridine rings is 1. The summed E-state index contributed by atoms with van der Waals surface area (Å²) in [5.41, 5.74) is 4.84. The summed E-state index contributed by atoms with van der Waals surface area (Å²) in [6.07, 6.45) is 3.87. The maximum atomic E-state index is 13.2. The molecule has 0 radical (unpaired) electrons. The number of hydrogen-bond donors (Lipinski definition) is 2. The normalized spacial score (nSPS) is 11.5. The third kappa shape index (κ3) is 7.57. The van der Waals surface area contributed by atoms with Crippen molar-refractivity contribution >= 4 is 34.3 Å². The molecule has 0 aliphatic carbocycles. The number of methoxy groups -OCH3 is 1. The molecule has 0 fully saturated rings. The zero-order valence-corrected chi connectivity index (χ0v) is 25.8. The van der Waals surface area contributed by atoms with Crippen LogP contribution in [0.15, 0.2) is 108 Å². The number of carbonyl (C=O) groups excluding carboxylic acids is 2. The monoisotopic (exact) mass is 605 g/mol. The number of thioether (sulfide) groups is 1. The predicted octanol–water partition coefficient (Wildman–Crippen LogP) is 6.36. The molecular weight excluding hydrogens is 570 g/mol. The van der Waals surface area contributed by atoms with Gasteiger partial charge in [0.15, 0.2) is 0 Å². The van der Waals surface area contributed by atoms with Crippen LogP contribution in [0.3, 0.4) is 0 Å². The van der Waals surface area contributed by atoms with Crippen LogP contribution >= 0.6 is 11.8 Å². The van der Waals surface area contributed by atoms with Crippen LogP contribution in [0, 0.1) is 6.92 Å². The second-order valence-electron chi connectivity index (χ2n) is 10.4. The molecular formula is C36H35N3O4S. The first kappa shape index (κ1) is 30.6. The topological polar surface area (TPSA) is 89.6 Å². The minimum absolute atomic E-state index is 0.133. The van der Waals surface area contributed by atoms with Crippen LogP contribution in [-0.2, 0) is 22.6 Å². The number of aryl methyl sites for hydroxylation is 1. The van der Waals surface area contributed by atoms with Crippen molar-refractivity contribution in [3.05, 3.63) is 120 Å². The molecule has 0 saturated carbocycles. The van der Waals surface area contributed by atoms with Crippen molar-refractivity contribution in [2.24, 2.45) is 0 Å². The number of likely N-dealkylation sites (N-methyl/N-ethyl adjacent to an activating group) is 1. The molecule has 224 valence electrons. The van der Waals surface area contributed by atoms with E-state index in [1.54, 1.807) is 20.4 Å². The number of ether oxygens (including phenoxy) is 2. The fourth-order valence-electron chi connectivity index (χ4n) is 5.03. The Kier molecular flexibility index (Phi) is 10.1. The molecule has 1 aromatic heterocycles. The number of rotatable bonds is 12. The Bertz CT molecular complexity index is 1760. The smallest absolute Gasteiger partial charge is 0.242 e. The number of benzene rings is 4. The number of aromatic nitrogens is 1. The van der Waals surface area contributed by atoms with E-state index in [0.717, 1.165) is 49.2 Å². The molecule has 0 aliphatic heterocycles. The molecule has 0 saturated heterocycles. The highest BCUT2D eigenvalue weighted by atomic mass is 32.2. The number of fused-ring (bicyclic) bond motifs is 1. The number of nitrogens with zero attached hydrogens (tertiary/aromatic N) is 1. The van der Waals surface area contributed by atoms with Crippen molar-refractivity contribution in [2.45, 2.75) is 30.9 Å². The van der Waals surface area contributed by atoms with Gasteiger partial charge in [-0.15, -0.1) is 11.8 Å². The van der Waals surface area contributed by atoms with Gasteiger partial charge in [-0.3, -0.25) is 14.6 Å². The molecule has 0 bridgehead atoms. The molecule has 5 aromatic rings. The third-order valence-corrected chi connectivity index (χ3v) is 8.37. The fourth-order valence-corrected chi connectivity index (χ4v) is 5.94. The fraction of sp³-hybridized carbons (Fsp3) is 0.194. The third-order valence-electron chi connectivity index (χ3n) is 7.31. The van der Waals surface area contributed by atoms with Crippen molar-refractivity contribution in [1.82, 2.24) is 15.6 Å². The van der Waals surface area contributed by atoms with E-state index in [4.69, 9.17) is 9.47 Å². The Labute approximate surface area is 262 Å². The van der Waals surface area contributed by atoms with Gasteiger partial charge in [0.2, 0.25) is 11.8 Å². The van der Waals surface area contributed by atoms with Gasteiger partial charge in [0.1, 0.15) is 24.1 Å². The molecule has 5 rings (SSSR count). The summed E-state index contributed by atoms with van der Waals surface area (Å²) in [5, 5.41) is 7.74. The van der Waals surface area contributed by atoms with Gasteiger partial charge in [-0.1, -0.05) is 72.8 Å². The van der Waals surface area contributed by atoms with E-state index in [1.807, 2.05) is 85.9 Å². The van der Waals surface area contributed by atoms with Crippen LogP contribution in [0.5, 0.6) is 11.5 Å². The van der Waals surface area contributed by atoms with Crippen molar-refractivity contribution < 1.29 is 19.1 Å². The van der Waals surface area contributed by atoms with Crippen LogP contribution in [0.4, 0.5) is 0 Å². The van der Waals surface area contributed by atoms with Crippen LogP contribution in [0.2, 0.25) is 0 Å². The lowest BCUT2D eigenvalue weighted by Crippen LogP contribution is -2.47. The summed E-state index contributed by atoms with van der Waals surface area (Å²) in [7, 11) is 3.19. The highest BCUT2D eigenvalue weighted by molar-refractivity contribution is 8.00. The summed E-state index contributed by atoms with van der Waals surface area (Å²) in [5.74, 6) is 1.04. The summed E-state index contributed by atoms with van der Waals surface area (Å²) in [4.78, 5) is 31.4. The van der Waals surface area contributed by atoms with Gasteiger partial charge < -0.3 is 20.1 Å². The SMILES string of the molecule is CNC(=O)[C@H](Cc1ccc(C)c(OC)c1)NC(=O)CSc1ccc2ccccc2c1-c1cncc(OCc2ccccc2)c1. The molecule has 1 heterocycles. The first-order chi connectivity index (χ1) is 21.4. The largest absolute Gasteiger partial charge is 0.496 e.